The lowest BCUT2D eigenvalue weighted by Gasteiger charge is -2.05. The monoisotopic (exact) mass is 212 g/mol. The van der Waals surface area contributed by atoms with Crippen molar-refractivity contribution in [2.45, 2.75) is 13.3 Å². The number of alkyl halides is 1. The number of ether oxygens (including phenoxy) is 1. The van der Waals surface area contributed by atoms with E-state index in [4.69, 9.17) is 16.3 Å². The molecule has 0 spiro atoms. The van der Waals surface area contributed by atoms with E-state index in [1.807, 2.05) is 25.1 Å². The number of hydrogen-bond donors (Lipinski definition) is 0. The van der Waals surface area contributed by atoms with Gasteiger partial charge in [0.25, 0.3) is 0 Å². The molecule has 1 aromatic rings. The summed E-state index contributed by atoms with van der Waals surface area (Å²) < 4.78 is 5.03. The molecule has 0 aliphatic carbocycles. The van der Waals surface area contributed by atoms with Crippen molar-refractivity contribution >= 4 is 17.6 Å². The fourth-order valence-corrected chi connectivity index (χ4v) is 1.21. The Balaban J connectivity index is 2.56. The average molecular weight is 213 g/mol. The van der Waals surface area contributed by atoms with Gasteiger partial charge < -0.3 is 4.74 Å². The van der Waals surface area contributed by atoms with Gasteiger partial charge in [0.05, 0.1) is 12.2 Å². The van der Waals surface area contributed by atoms with Gasteiger partial charge in [-0.1, -0.05) is 18.2 Å². The first kappa shape index (κ1) is 11.1. The van der Waals surface area contributed by atoms with E-state index < -0.39 is 0 Å². The van der Waals surface area contributed by atoms with Crippen molar-refractivity contribution in [1.82, 2.24) is 0 Å². The summed E-state index contributed by atoms with van der Waals surface area (Å²) in [5.74, 6) is 0.245. The minimum Gasteiger partial charge on any atom is -0.462 e. The van der Waals surface area contributed by atoms with E-state index in [2.05, 4.69) is 0 Å². The third-order valence-corrected chi connectivity index (χ3v) is 2.14. The Hall–Kier alpha value is -1.02. The number of hydrogen-bond acceptors (Lipinski definition) is 2. The summed E-state index contributed by atoms with van der Waals surface area (Å²) >= 11 is 5.47. The van der Waals surface area contributed by atoms with Crippen molar-refractivity contribution in [3.05, 3.63) is 35.4 Å². The van der Waals surface area contributed by atoms with Crippen LogP contribution in [0.5, 0.6) is 0 Å². The number of halogens is 1. The molecule has 0 N–H and O–H groups in total. The maximum absolute atomic E-state index is 11.5. The molecular weight excluding hydrogens is 200 g/mol. The van der Waals surface area contributed by atoms with Crippen LogP contribution >= 0.6 is 11.6 Å². The zero-order valence-corrected chi connectivity index (χ0v) is 8.88. The fourth-order valence-electron chi connectivity index (χ4n) is 1.10. The number of aryl methyl sites for hydroxylation is 1. The first-order chi connectivity index (χ1) is 6.75. The standard InChI is InChI=1S/C11H13ClO2/c1-9-5-2-3-6-10(9)11(13)14-8-4-7-12/h2-3,5-6H,4,7-8H2,1H3. The van der Waals surface area contributed by atoms with Crippen LogP contribution in [-0.2, 0) is 4.74 Å². The maximum atomic E-state index is 11.5. The lowest BCUT2D eigenvalue weighted by Crippen LogP contribution is -2.08. The molecule has 14 heavy (non-hydrogen) atoms. The largest absolute Gasteiger partial charge is 0.462 e. The predicted octanol–water partition coefficient (Wildman–Crippen LogP) is 2.78. The minimum absolute atomic E-state index is 0.270. The van der Waals surface area contributed by atoms with E-state index >= 15 is 0 Å². The maximum Gasteiger partial charge on any atom is 0.338 e. The van der Waals surface area contributed by atoms with Crippen molar-refractivity contribution < 1.29 is 9.53 Å². The van der Waals surface area contributed by atoms with Crippen molar-refractivity contribution in [2.24, 2.45) is 0 Å². The molecule has 0 fully saturated rings. The molecule has 0 unspecified atom stereocenters. The predicted molar refractivity (Wildman–Crippen MR) is 56.8 cm³/mol. The summed E-state index contributed by atoms with van der Waals surface area (Å²) in [7, 11) is 0. The SMILES string of the molecule is Cc1ccccc1C(=O)OCCCCl. The first-order valence-corrected chi connectivity index (χ1v) is 5.08. The molecule has 0 aliphatic rings. The third kappa shape index (κ3) is 3.04. The Morgan fingerprint density at radius 3 is 2.79 bits per heavy atom. The summed E-state index contributed by atoms with van der Waals surface area (Å²) in [5, 5.41) is 0. The molecular formula is C11H13ClO2. The summed E-state index contributed by atoms with van der Waals surface area (Å²) in [6.45, 7) is 2.27. The molecule has 0 bridgehead atoms. The Kier molecular flexibility index (Phi) is 4.47. The summed E-state index contributed by atoms with van der Waals surface area (Å²) in [6, 6.07) is 7.37. The van der Waals surface area contributed by atoms with Gasteiger partial charge in [-0.2, -0.15) is 0 Å². The van der Waals surface area contributed by atoms with E-state index in [0.717, 1.165) is 5.56 Å². The highest BCUT2D eigenvalue weighted by molar-refractivity contribution is 6.17. The quantitative estimate of drug-likeness (QED) is 0.436. The van der Waals surface area contributed by atoms with Gasteiger partial charge in [-0.3, -0.25) is 0 Å². The number of esters is 1. The average Bonchev–Trinajstić information content (AvgIpc) is 2.18. The van der Waals surface area contributed by atoms with E-state index in [1.165, 1.54) is 0 Å². The molecule has 1 rings (SSSR count). The Labute approximate surface area is 88.8 Å². The Bertz CT molecular complexity index is 310. The van der Waals surface area contributed by atoms with Gasteiger partial charge in [0.2, 0.25) is 0 Å². The second-order valence-electron chi connectivity index (χ2n) is 2.99. The Morgan fingerprint density at radius 1 is 1.43 bits per heavy atom. The van der Waals surface area contributed by atoms with E-state index in [-0.39, 0.29) is 5.97 Å². The van der Waals surface area contributed by atoms with E-state index in [1.54, 1.807) is 6.07 Å². The second kappa shape index (κ2) is 5.66. The third-order valence-electron chi connectivity index (χ3n) is 1.88. The van der Waals surface area contributed by atoms with Gasteiger partial charge in [0, 0.05) is 5.88 Å². The van der Waals surface area contributed by atoms with Crippen LogP contribution in [0.4, 0.5) is 0 Å². The lowest BCUT2D eigenvalue weighted by molar-refractivity contribution is 0.0505. The molecule has 0 heterocycles. The molecule has 0 saturated carbocycles. The topological polar surface area (TPSA) is 26.3 Å². The molecule has 0 aromatic heterocycles. The molecule has 3 heteroatoms. The highest BCUT2D eigenvalue weighted by Gasteiger charge is 2.08. The molecule has 0 aliphatic heterocycles. The van der Waals surface area contributed by atoms with Gasteiger partial charge in [-0.25, -0.2) is 4.79 Å². The highest BCUT2D eigenvalue weighted by Crippen LogP contribution is 2.08. The molecule has 2 nitrogen and oxygen atoms in total. The smallest absolute Gasteiger partial charge is 0.338 e. The van der Waals surface area contributed by atoms with Crippen LogP contribution in [0.2, 0.25) is 0 Å². The van der Waals surface area contributed by atoms with Gasteiger partial charge in [0.15, 0.2) is 0 Å². The van der Waals surface area contributed by atoms with Crippen molar-refractivity contribution in [1.29, 1.82) is 0 Å². The molecule has 0 atom stereocenters. The van der Waals surface area contributed by atoms with Crippen LogP contribution in [0, 0.1) is 6.92 Å². The van der Waals surface area contributed by atoms with Crippen LogP contribution in [0.25, 0.3) is 0 Å². The number of rotatable bonds is 4. The summed E-state index contributed by atoms with van der Waals surface area (Å²) in [5.41, 5.74) is 1.56. The van der Waals surface area contributed by atoms with E-state index in [9.17, 15) is 4.79 Å². The second-order valence-corrected chi connectivity index (χ2v) is 3.37. The van der Waals surface area contributed by atoms with Crippen LogP contribution in [0.15, 0.2) is 24.3 Å². The van der Waals surface area contributed by atoms with Crippen molar-refractivity contribution in [3.8, 4) is 0 Å². The van der Waals surface area contributed by atoms with Crippen LogP contribution < -0.4 is 0 Å². The van der Waals surface area contributed by atoms with Crippen molar-refractivity contribution in [2.75, 3.05) is 12.5 Å². The number of carbonyl (C=O) groups is 1. The number of benzene rings is 1. The van der Waals surface area contributed by atoms with Gasteiger partial charge in [0.1, 0.15) is 0 Å². The van der Waals surface area contributed by atoms with Gasteiger partial charge in [-0.05, 0) is 25.0 Å². The molecule has 1 aromatic carbocycles. The molecule has 0 radical (unpaired) electrons. The molecule has 76 valence electrons. The fraction of sp³-hybridized carbons (Fsp3) is 0.364. The van der Waals surface area contributed by atoms with Crippen LogP contribution in [0.3, 0.4) is 0 Å². The van der Waals surface area contributed by atoms with Crippen molar-refractivity contribution in [3.63, 3.8) is 0 Å². The van der Waals surface area contributed by atoms with Gasteiger partial charge >= 0.3 is 5.97 Å². The van der Waals surface area contributed by atoms with E-state index in [0.29, 0.717) is 24.5 Å². The zero-order chi connectivity index (χ0) is 10.4. The summed E-state index contributed by atoms with van der Waals surface area (Å²) in [6.07, 6.45) is 0.694. The lowest BCUT2D eigenvalue weighted by atomic mass is 10.1. The Morgan fingerprint density at radius 2 is 2.14 bits per heavy atom. The first-order valence-electron chi connectivity index (χ1n) is 4.54. The molecule has 0 saturated heterocycles. The highest BCUT2D eigenvalue weighted by atomic mass is 35.5. The van der Waals surface area contributed by atoms with Gasteiger partial charge in [-0.15, -0.1) is 11.6 Å². The zero-order valence-electron chi connectivity index (χ0n) is 8.13. The number of carbonyl (C=O) groups excluding carboxylic acids is 1. The normalized spacial score (nSPS) is 9.86. The van der Waals surface area contributed by atoms with Crippen LogP contribution in [-0.4, -0.2) is 18.5 Å². The van der Waals surface area contributed by atoms with Crippen LogP contribution in [0.1, 0.15) is 22.3 Å². The molecule has 0 amide bonds. The summed E-state index contributed by atoms with van der Waals surface area (Å²) in [4.78, 5) is 11.5. The minimum atomic E-state index is -0.270.